The van der Waals surface area contributed by atoms with Crippen molar-refractivity contribution in [3.63, 3.8) is 0 Å². The minimum absolute atomic E-state index is 0.166. The van der Waals surface area contributed by atoms with Crippen LogP contribution in [0.5, 0.6) is 0 Å². The SMILES string of the molecule is CCCCC/C=C/C1=C(CO)[C@H](O)[C@H]2O[C@]2(C/C=C(\C)C(=O)O)[C@@H]1O. The molecule has 1 aliphatic carbocycles. The fourth-order valence-electron chi connectivity index (χ4n) is 3.33. The van der Waals surface area contributed by atoms with Crippen molar-refractivity contribution in [3.05, 3.63) is 34.9 Å². The number of aliphatic hydroxyl groups is 3. The number of fused-ring (bicyclic) bond motifs is 1. The molecule has 0 aromatic carbocycles. The summed E-state index contributed by atoms with van der Waals surface area (Å²) in [6.07, 6.45) is 6.89. The predicted molar refractivity (Wildman–Crippen MR) is 93.0 cm³/mol. The van der Waals surface area contributed by atoms with Crippen molar-refractivity contribution in [2.24, 2.45) is 0 Å². The molecule has 1 fully saturated rings. The van der Waals surface area contributed by atoms with Crippen molar-refractivity contribution in [3.8, 4) is 0 Å². The summed E-state index contributed by atoms with van der Waals surface area (Å²) in [7, 11) is 0. The molecule has 25 heavy (non-hydrogen) atoms. The number of carboxylic acids is 1. The van der Waals surface area contributed by atoms with Gasteiger partial charge in [0.15, 0.2) is 0 Å². The van der Waals surface area contributed by atoms with Gasteiger partial charge in [0.05, 0.1) is 6.61 Å². The molecule has 6 nitrogen and oxygen atoms in total. The van der Waals surface area contributed by atoms with Gasteiger partial charge in [0.25, 0.3) is 0 Å². The first-order valence-electron chi connectivity index (χ1n) is 8.83. The summed E-state index contributed by atoms with van der Waals surface area (Å²) >= 11 is 0. The molecule has 1 heterocycles. The highest BCUT2D eigenvalue weighted by molar-refractivity contribution is 5.85. The summed E-state index contributed by atoms with van der Waals surface area (Å²) in [5, 5.41) is 39.8. The van der Waals surface area contributed by atoms with Crippen molar-refractivity contribution >= 4 is 5.97 Å². The molecule has 1 aliphatic heterocycles. The van der Waals surface area contributed by atoms with Crippen LogP contribution >= 0.6 is 0 Å². The molecule has 0 saturated carbocycles. The van der Waals surface area contributed by atoms with Crippen molar-refractivity contribution in [2.75, 3.05) is 6.61 Å². The fourth-order valence-corrected chi connectivity index (χ4v) is 3.33. The smallest absolute Gasteiger partial charge is 0.330 e. The molecule has 140 valence electrons. The van der Waals surface area contributed by atoms with Gasteiger partial charge in [-0.3, -0.25) is 0 Å². The van der Waals surface area contributed by atoms with Crippen LogP contribution in [0.2, 0.25) is 0 Å². The van der Waals surface area contributed by atoms with E-state index in [1.54, 1.807) is 6.08 Å². The van der Waals surface area contributed by atoms with Crippen LogP contribution in [0, 0.1) is 0 Å². The first-order chi connectivity index (χ1) is 11.9. The Labute approximate surface area is 148 Å². The molecule has 6 heteroatoms. The first-order valence-corrected chi connectivity index (χ1v) is 8.83. The van der Waals surface area contributed by atoms with Crippen LogP contribution in [-0.4, -0.2) is 56.9 Å². The number of carbonyl (C=O) groups is 1. The van der Waals surface area contributed by atoms with E-state index in [0.717, 1.165) is 25.7 Å². The average Bonchev–Trinajstić information content (AvgIpc) is 3.33. The van der Waals surface area contributed by atoms with Crippen molar-refractivity contribution in [2.45, 2.75) is 69.9 Å². The Morgan fingerprint density at radius 3 is 2.64 bits per heavy atom. The molecule has 4 N–H and O–H groups in total. The topological polar surface area (TPSA) is 111 Å². The van der Waals surface area contributed by atoms with E-state index in [4.69, 9.17) is 9.84 Å². The molecule has 0 amide bonds. The summed E-state index contributed by atoms with van der Waals surface area (Å²) < 4.78 is 5.60. The maximum absolute atomic E-state index is 11.0. The summed E-state index contributed by atoms with van der Waals surface area (Å²) in [6, 6.07) is 0. The van der Waals surface area contributed by atoms with E-state index in [1.807, 2.05) is 6.08 Å². The lowest BCUT2D eigenvalue weighted by molar-refractivity contribution is -0.132. The molecule has 0 aromatic heterocycles. The third-order valence-electron chi connectivity index (χ3n) is 5.05. The molecule has 0 radical (unpaired) electrons. The standard InChI is InChI=1S/C19H28O6/c1-3-4-5-6-7-8-13-14(11-20)15(21)17-19(25-17,16(13)22)10-9-12(2)18(23)24/h7-9,15-17,20-22H,3-6,10-11H2,1-2H3,(H,23,24)/b8-7+,12-9+/t15-,16+,17+,19+/m0/s1. The lowest BCUT2D eigenvalue weighted by Gasteiger charge is -2.29. The molecule has 0 bridgehead atoms. The molecule has 2 rings (SSSR count). The quantitative estimate of drug-likeness (QED) is 0.286. The third-order valence-corrected chi connectivity index (χ3v) is 5.05. The van der Waals surface area contributed by atoms with Crippen molar-refractivity contribution < 1.29 is 30.0 Å². The number of unbranched alkanes of at least 4 members (excludes halogenated alkanes) is 3. The molecule has 0 unspecified atom stereocenters. The summed E-state index contributed by atoms with van der Waals surface area (Å²) in [5.41, 5.74) is -0.00502. The average molecular weight is 352 g/mol. The Morgan fingerprint density at radius 2 is 2.04 bits per heavy atom. The van der Waals surface area contributed by atoms with Crippen LogP contribution in [-0.2, 0) is 9.53 Å². The number of carboxylic acid groups (broad SMARTS) is 1. The van der Waals surface area contributed by atoms with E-state index in [0.29, 0.717) is 11.1 Å². The maximum atomic E-state index is 11.0. The Hall–Kier alpha value is -1.47. The largest absolute Gasteiger partial charge is 0.478 e. The minimum atomic E-state index is -1.03. The fraction of sp³-hybridized carbons (Fsp3) is 0.632. The monoisotopic (exact) mass is 352 g/mol. The Bertz CT molecular complexity index is 591. The maximum Gasteiger partial charge on any atom is 0.330 e. The van der Waals surface area contributed by atoms with Gasteiger partial charge in [-0.05, 0) is 30.9 Å². The second kappa shape index (κ2) is 8.27. The predicted octanol–water partition coefficient (Wildman–Crippen LogP) is 1.71. The molecule has 4 atom stereocenters. The lowest BCUT2D eigenvalue weighted by atomic mass is 9.77. The Morgan fingerprint density at radius 1 is 1.32 bits per heavy atom. The van der Waals surface area contributed by atoms with Crippen molar-refractivity contribution in [1.29, 1.82) is 0 Å². The number of aliphatic hydroxyl groups excluding tert-OH is 3. The van der Waals surface area contributed by atoms with Crippen LogP contribution in [0.25, 0.3) is 0 Å². The third kappa shape index (κ3) is 4.03. The zero-order chi connectivity index (χ0) is 18.6. The molecule has 1 saturated heterocycles. The van der Waals surface area contributed by atoms with Gasteiger partial charge in [-0.25, -0.2) is 4.79 Å². The van der Waals surface area contributed by atoms with E-state index < -0.39 is 29.9 Å². The number of rotatable bonds is 9. The van der Waals surface area contributed by atoms with Gasteiger partial charge in [-0.1, -0.05) is 38.0 Å². The highest BCUT2D eigenvalue weighted by atomic mass is 16.6. The summed E-state index contributed by atoms with van der Waals surface area (Å²) in [5.74, 6) is -1.03. The van der Waals surface area contributed by atoms with Crippen LogP contribution in [0.3, 0.4) is 0 Å². The second-order valence-corrected chi connectivity index (χ2v) is 6.77. The number of ether oxygens (including phenoxy) is 1. The van der Waals surface area contributed by atoms with Crippen LogP contribution < -0.4 is 0 Å². The van der Waals surface area contributed by atoms with Crippen LogP contribution in [0.1, 0.15) is 46.0 Å². The van der Waals surface area contributed by atoms with E-state index in [-0.39, 0.29) is 18.6 Å². The van der Waals surface area contributed by atoms with E-state index >= 15 is 0 Å². The summed E-state index contributed by atoms with van der Waals surface area (Å²) in [6.45, 7) is 3.25. The van der Waals surface area contributed by atoms with Gasteiger partial charge in [-0.15, -0.1) is 0 Å². The first kappa shape index (κ1) is 19.8. The normalized spacial score (nSPS) is 32.2. The molecular weight excluding hydrogens is 324 g/mol. The van der Waals surface area contributed by atoms with Gasteiger partial charge in [0, 0.05) is 12.0 Å². The Balaban J connectivity index is 2.19. The zero-order valence-corrected chi connectivity index (χ0v) is 14.8. The zero-order valence-electron chi connectivity index (χ0n) is 14.8. The van der Waals surface area contributed by atoms with Gasteiger partial charge < -0.3 is 25.2 Å². The van der Waals surface area contributed by atoms with E-state index in [9.17, 15) is 20.1 Å². The molecule has 2 aliphatic rings. The van der Waals surface area contributed by atoms with Gasteiger partial charge >= 0.3 is 5.97 Å². The van der Waals surface area contributed by atoms with E-state index in [2.05, 4.69) is 6.92 Å². The molecular formula is C19H28O6. The van der Waals surface area contributed by atoms with Crippen LogP contribution in [0.15, 0.2) is 34.9 Å². The minimum Gasteiger partial charge on any atom is -0.478 e. The van der Waals surface area contributed by atoms with Crippen molar-refractivity contribution in [1.82, 2.24) is 0 Å². The van der Waals surface area contributed by atoms with Gasteiger partial charge in [0.2, 0.25) is 0 Å². The summed E-state index contributed by atoms with van der Waals surface area (Å²) in [4.78, 5) is 11.0. The molecule has 0 spiro atoms. The van der Waals surface area contributed by atoms with Gasteiger partial charge in [0.1, 0.15) is 23.9 Å². The molecule has 0 aromatic rings. The van der Waals surface area contributed by atoms with Crippen LogP contribution in [0.4, 0.5) is 0 Å². The Kier molecular flexibility index (Phi) is 6.57. The number of aliphatic carboxylic acids is 1. The second-order valence-electron chi connectivity index (χ2n) is 6.77. The lowest BCUT2D eigenvalue weighted by Crippen LogP contribution is -2.43. The highest BCUT2D eigenvalue weighted by Gasteiger charge is 2.67. The number of hydrogen-bond acceptors (Lipinski definition) is 5. The number of epoxide rings is 1. The van der Waals surface area contributed by atoms with E-state index in [1.165, 1.54) is 13.0 Å². The number of hydrogen-bond donors (Lipinski definition) is 4. The number of allylic oxidation sites excluding steroid dienone is 1. The highest BCUT2D eigenvalue weighted by Crippen LogP contribution is 2.52. The van der Waals surface area contributed by atoms with Gasteiger partial charge in [-0.2, -0.15) is 0 Å².